The number of amides is 1. The van der Waals surface area contributed by atoms with E-state index in [0.717, 1.165) is 45.1 Å². The van der Waals surface area contributed by atoms with Crippen molar-refractivity contribution in [3.8, 4) is 0 Å². The van der Waals surface area contributed by atoms with Crippen LogP contribution in [0.5, 0.6) is 0 Å². The first kappa shape index (κ1) is 25.1. The highest BCUT2D eigenvalue weighted by molar-refractivity contribution is 7.89. The second-order valence-corrected chi connectivity index (χ2v) is 8.40. The van der Waals surface area contributed by atoms with E-state index in [1.807, 2.05) is 0 Å². The topological polar surface area (TPSA) is 81.8 Å². The molecule has 0 radical (unpaired) electrons. The lowest BCUT2D eigenvalue weighted by Gasteiger charge is -2.27. The standard InChI is InChI=1S/C17H25FN4O3S.2ClH/c18-16-13-14(3-4-15(16)17(23)22-8-1-2-9-22)26(24,25)20-7-12-21-10-5-19-6-11-21;;/h3-4,13,19-20H,1-2,5-12H2;2*1H. The van der Waals surface area contributed by atoms with E-state index in [2.05, 4.69) is 14.9 Å². The van der Waals surface area contributed by atoms with Gasteiger partial charge in [-0.1, -0.05) is 0 Å². The Morgan fingerprint density at radius 3 is 2.36 bits per heavy atom. The highest BCUT2D eigenvalue weighted by atomic mass is 35.5. The van der Waals surface area contributed by atoms with Crippen LogP contribution in [-0.4, -0.2) is 76.5 Å². The number of carbonyl (C=O) groups excluding carboxylic acids is 1. The number of halogens is 3. The number of sulfonamides is 1. The summed E-state index contributed by atoms with van der Waals surface area (Å²) in [6.07, 6.45) is 1.83. The largest absolute Gasteiger partial charge is 0.339 e. The van der Waals surface area contributed by atoms with Gasteiger partial charge >= 0.3 is 0 Å². The average Bonchev–Trinajstić information content (AvgIpc) is 3.16. The van der Waals surface area contributed by atoms with Crippen LogP contribution >= 0.6 is 24.8 Å². The highest BCUT2D eigenvalue weighted by Crippen LogP contribution is 2.19. The lowest BCUT2D eigenvalue weighted by atomic mass is 10.2. The van der Waals surface area contributed by atoms with Gasteiger partial charge in [0.25, 0.3) is 5.91 Å². The molecule has 160 valence electrons. The number of hydrogen-bond donors (Lipinski definition) is 2. The van der Waals surface area contributed by atoms with E-state index < -0.39 is 15.8 Å². The third-order valence-electron chi connectivity index (χ3n) is 4.80. The van der Waals surface area contributed by atoms with E-state index in [-0.39, 0.29) is 47.7 Å². The zero-order chi connectivity index (χ0) is 18.6. The van der Waals surface area contributed by atoms with E-state index in [1.165, 1.54) is 12.1 Å². The molecule has 1 aromatic carbocycles. The van der Waals surface area contributed by atoms with E-state index >= 15 is 0 Å². The van der Waals surface area contributed by atoms with Gasteiger partial charge in [0.05, 0.1) is 10.5 Å². The first-order valence-corrected chi connectivity index (χ1v) is 10.5. The van der Waals surface area contributed by atoms with Crippen molar-refractivity contribution >= 4 is 40.7 Å². The lowest BCUT2D eigenvalue weighted by molar-refractivity contribution is 0.0788. The summed E-state index contributed by atoms with van der Waals surface area (Å²) < 4.78 is 41.6. The minimum Gasteiger partial charge on any atom is -0.339 e. The number of benzene rings is 1. The Labute approximate surface area is 177 Å². The van der Waals surface area contributed by atoms with Crippen molar-refractivity contribution in [1.29, 1.82) is 0 Å². The SMILES string of the molecule is Cl.Cl.O=C(c1ccc(S(=O)(=O)NCCN2CCNCC2)cc1F)N1CCCC1. The van der Waals surface area contributed by atoms with Crippen LogP contribution in [-0.2, 0) is 10.0 Å². The second kappa shape index (κ2) is 11.3. The fourth-order valence-corrected chi connectivity index (χ4v) is 4.32. The predicted molar refractivity (Wildman–Crippen MR) is 111 cm³/mol. The summed E-state index contributed by atoms with van der Waals surface area (Å²) in [4.78, 5) is 15.9. The summed E-state index contributed by atoms with van der Waals surface area (Å²) >= 11 is 0. The Balaban J connectivity index is 0.00000196. The van der Waals surface area contributed by atoms with Crippen LogP contribution in [0.3, 0.4) is 0 Å². The fourth-order valence-electron chi connectivity index (χ4n) is 3.28. The van der Waals surface area contributed by atoms with Crippen LogP contribution in [0, 0.1) is 5.82 Å². The van der Waals surface area contributed by atoms with Crippen molar-refractivity contribution in [3.05, 3.63) is 29.6 Å². The summed E-state index contributed by atoms with van der Waals surface area (Å²) in [5, 5.41) is 3.24. The molecule has 2 heterocycles. The van der Waals surface area contributed by atoms with Crippen molar-refractivity contribution in [3.63, 3.8) is 0 Å². The highest BCUT2D eigenvalue weighted by Gasteiger charge is 2.24. The van der Waals surface area contributed by atoms with Gasteiger partial charge in [-0.05, 0) is 31.0 Å². The van der Waals surface area contributed by atoms with Gasteiger partial charge < -0.3 is 10.2 Å². The van der Waals surface area contributed by atoms with Crippen molar-refractivity contribution < 1.29 is 17.6 Å². The molecule has 2 aliphatic heterocycles. The quantitative estimate of drug-likeness (QED) is 0.669. The smallest absolute Gasteiger partial charge is 0.256 e. The monoisotopic (exact) mass is 456 g/mol. The zero-order valence-electron chi connectivity index (χ0n) is 15.5. The number of nitrogens with one attached hydrogen (secondary N) is 2. The molecule has 0 atom stereocenters. The van der Waals surface area contributed by atoms with Gasteiger partial charge in [-0.2, -0.15) is 0 Å². The molecular formula is C17H27Cl2FN4O3S. The molecule has 2 aliphatic rings. The molecule has 2 saturated heterocycles. The third kappa shape index (κ3) is 6.27. The summed E-state index contributed by atoms with van der Waals surface area (Å²) in [6.45, 7) is 5.65. The first-order chi connectivity index (χ1) is 12.5. The summed E-state index contributed by atoms with van der Waals surface area (Å²) in [5.74, 6) is -1.18. The van der Waals surface area contributed by atoms with Gasteiger partial charge in [0.1, 0.15) is 5.82 Å². The molecule has 28 heavy (non-hydrogen) atoms. The van der Waals surface area contributed by atoms with E-state index in [4.69, 9.17) is 0 Å². The molecule has 0 aromatic heterocycles. The number of hydrogen-bond acceptors (Lipinski definition) is 5. The van der Waals surface area contributed by atoms with E-state index in [9.17, 15) is 17.6 Å². The molecule has 0 spiro atoms. The number of piperazine rings is 1. The fraction of sp³-hybridized carbons (Fsp3) is 0.588. The van der Waals surface area contributed by atoms with Gasteiger partial charge in [0, 0.05) is 52.4 Å². The molecule has 1 amide bonds. The Morgan fingerprint density at radius 2 is 1.75 bits per heavy atom. The number of likely N-dealkylation sites (tertiary alicyclic amines) is 1. The van der Waals surface area contributed by atoms with Crippen LogP contribution in [0.1, 0.15) is 23.2 Å². The minimum absolute atomic E-state index is 0. The summed E-state index contributed by atoms with van der Waals surface area (Å²) in [7, 11) is -3.80. The van der Waals surface area contributed by atoms with Crippen molar-refractivity contribution in [1.82, 2.24) is 19.8 Å². The molecule has 0 aliphatic carbocycles. The number of carbonyl (C=O) groups is 1. The summed E-state index contributed by atoms with van der Waals surface area (Å²) in [5.41, 5.74) is -0.0772. The molecule has 0 bridgehead atoms. The van der Waals surface area contributed by atoms with Gasteiger partial charge in [-0.3, -0.25) is 9.69 Å². The van der Waals surface area contributed by atoms with Crippen molar-refractivity contribution in [2.45, 2.75) is 17.7 Å². The Kier molecular flexibility index (Phi) is 10.1. The summed E-state index contributed by atoms with van der Waals surface area (Å²) in [6, 6.07) is 3.48. The normalized spacial score (nSPS) is 17.7. The minimum atomic E-state index is -3.80. The van der Waals surface area contributed by atoms with Crippen LogP contribution in [0.15, 0.2) is 23.1 Å². The van der Waals surface area contributed by atoms with Crippen LogP contribution < -0.4 is 10.0 Å². The van der Waals surface area contributed by atoms with Gasteiger partial charge in [0.2, 0.25) is 10.0 Å². The van der Waals surface area contributed by atoms with Crippen LogP contribution in [0.2, 0.25) is 0 Å². The zero-order valence-corrected chi connectivity index (χ0v) is 18.0. The Hall–Kier alpha value is -0.970. The molecule has 3 rings (SSSR count). The molecule has 2 N–H and O–H groups in total. The molecule has 11 heteroatoms. The van der Waals surface area contributed by atoms with Crippen LogP contribution in [0.25, 0.3) is 0 Å². The predicted octanol–water partition coefficient (Wildman–Crippen LogP) is 1.09. The lowest BCUT2D eigenvalue weighted by Crippen LogP contribution is -2.46. The molecular weight excluding hydrogens is 430 g/mol. The van der Waals surface area contributed by atoms with Crippen molar-refractivity contribution in [2.24, 2.45) is 0 Å². The average molecular weight is 457 g/mol. The van der Waals surface area contributed by atoms with Gasteiger partial charge in [0.15, 0.2) is 0 Å². The maximum atomic E-state index is 14.3. The van der Waals surface area contributed by atoms with Gasteiger partial charge in [-0.15, -0.1) is 24.8 Å². The Bertz CT molecular complexity index is 755. The van der Waals surface area contributed by atoms with Crippen LogP contribution in [0.4, 0.5) is 4.39 Å². The molecule has 7 nitrogen and oxygen atoms in total. The molecule has 2 fully saturated rings. The van der Waals surface area contributed by atoms with Crippen molar-refractivity contribution in [2.75, 3.05) is 52.4 Å². The number of rotatable bonds is 6. The van der Waals surface area contributed by atoms with Gasteiger partial charge in [-0.25, -0.2) is 17.5 Å². The van der Waals surface area contributed by atoms with E-state index in [1.54, 1.807) is 4.90 Å². The maximum Gasteiger partial charge on any atom is 0.256 e. The Morgan fingerprint density at radius 1 is 1.11 bits per heavy atom. The molecule has 0 saturated carbocycles. The first-order valence-electron chi connectivity index (χ1n) is 8.99. The maximum absolute atomic E-state index is 14.3. The number of nitrogens with zero attached hydrogens (tertiary/aromatic N) is 2. The van der Waals surface area contributed by atoms with E-state index in [0.29, 0.717) is 19.6 Å². The second-order valence-electron chi connectivity index (χ2n) is 6.63. The third-order valence-corrected chi connectivity index (χ3v) is 6.26. The molecule has 1 aromatic rings. The molecule has 0 unspecified atom stereocenters.